The number of benzene rings is 1. The van der Waals surface area contributed by atoms with Crippen LogP contribution in [-0.4, -0.2) is 23.2 Å². The molecule has 0 aliphatic carbocycles. The monoisotopic (exact) mass is 293 g/mol. The maximum Gasteiger partial charge on any atom is 0.207 e. The Kier molecular flexibility index (Phi) is 4.55. The van der Waals surface area contributed by atoms with Crippen LogP contribution in [0.2, 0.25) is 5.02 Å². The number of aryl methyl sites for hydroxylation is 1. The Morgan fingerprint density at radius 2 is 2.15 bits per heavy atom. The van der Waals surface area contributed by atoms with E-state index in [9.17, 15) is 0 Å². The predicted octanol–water partition coefficient (Wildman–Crippen LogP) is 3.91. The second-order valence-electron chi connectivity index (χ2n) is 5.17. The smallest absolute Gasteiger partial charge is 0.207 e. The van der Waals surface area contributed by atoms with Gasteiger partial charge in [0.25, 0.3) is 0 Å². The van der Waals surface area contributed by atoms with Crippen LogP contribution in [0.1, 0.15) is 19.4 Å². The van der Waals surface area contributed by atoms with Crippen molar-refractivity contribution in [3.8, 4) is 11.4 Å². The third-order valence-corrected chi connectivity index (χ3v) is 3.44. The molecule has 0 saturated carbocycles. The number of ether oxygens (including phenoxy) is 1. The van der Waals surface area contributed by atoms with Gasteiger partial charge in [-0.25, -0.2) is 4.98 Å². The molecule has 1 aromatic carbocycles. The number of methoxy groups -OCH3 is 1. The first-order valence-corrected chi connectivity index (χ1v) is 7.02. The first kappa shape index (κ1) is 14.7. The van der Waals surface area contributed by atoms with Crippen molar-refractivity contribution in [2.75, 3.05) is 19.0 Å². The zero-order chi connectivity index (χ0) is 14.7. The van der Waals surface area contributed by atoms with E-state index in [1.807, 2.05) is 29.8 Å². The molecule has 1 heterocycles. The molecule has 1 N–H and O–H groups in total. The van der Waals surface area contributed by atoms with Gasteiger partial charge in [-0.05, 0) is 24.5 Å². The van der Waals surface area contributed by atoms with E-state index < -0.39 is 0 Å². The van der Waals surface area contributed by atoms with Gasteiger partial charge in [0.2, 0.25) is 5.95 Å². The number of imidazole rings is 1. The molecule has 0 radical (unpaired) electrons. The van der Waals surface area contributed by atoms with Crippen molar-refractivity contribution in [2.45, 2.75) is 20.8 Å². The summed E-state index contributed by atoms with van der Waals surface area (Å²) in [5.41, 5.74) is 1.93. The van der Waals surface area contributed by atoms with Crippen LogP contribution in [0.5, 0.6) is 5.75 Å². The molecule has 5 heteroatoms. The van der Waals surface area contributed by atoms with Crippen LogP contribution in [-0.2, 0) is 0 Å². The number of nitrogens with one attached hydrogen (secondary N) is 1. The van der Waals surface area contributed by atoms with E-state index >= 15 is 0 Å². The van der Waals surface area contributed by atoms with Gasteiger partial charge in [0.15, 0.2) is 0 Å². The van der Waals surface area contributed by atoms with Gasteiger partial charge in [-0.3, -0.25) is 4.57 Å². The Morgan fingerprint density at radius 1 is 1.40 bits per heavy atom. The van der Waals surface area contributed by atoms with Crippen LogP contribution in [0.3, 0.4) is 0 Å². The minimum Gasteiger partial charge on any atom is -0.495 e. The average Bonchev–Trinajstić information content (AvgIpc) is 2.87. The van der Waals surface area contributed by atoms with Crippen molar-refractivity contribution in [1.29, 1.82) is 0 Å². The van der Waals surface area contributed by atoms with Crippen LogP contribution in [0.4, 0.5) is 5.95 Å². The van der Waals surface area contributed by atoms with Gasteiger partial charge >= 0.3 is 0 Å². The molecule has 2 aromatic rings. The van der Waals surface area contributed by atoms with Crippen molar-refractivity contribution in [1.82, 2.24) is 9.55 Å². The Balaban J connectivity index is 2.41. The van der Waals surface area contributed by atoms with Gasteiger partial charge in [0.1, 0.15) is 5.75 Å². The lowest BCUT2D eigenvalue weighted by Gasteiger charge is -2.15. The highest BCUT2D eigenvalue weighted by Gasteiger charge is 2.12. The molecule has 4 nitrogen and oxygen atoms in total. The maximum atomic E-state index is 6.15. The summed E-state index contributed by atoms with van der Waals surface area (Å²) in [5, 5.41) is 4.04. The van der Waals surface area contributed by atoms with E-state index in [0.29, 0.717) is 10.9 Å². The van der Waals surface area contributed by atoms with Crippen LogP contribution >= 0.6 is 11.6 Å². The number of rotatable bonds is 5. The summed E-state index contributed by atoms with van der Waals surface area (Å²) in [6, 6.07) is 3.84. The molecule has 20 heavy (non-hydrogen) atoms. The highest BCUT2D eigenvalue weighted by molar-refractivity contribution is 6.31. The van der Waals surface area contributed by atoms with Gasteiger partial charge in [-0.1, -0.05) is 25.4 Å². The average molecular weight is 294 g/mol. The maximum absolute atomic E-state index is 6.15. The third-order valence-electron chi connectivity index (χ3n) is 3.03. The lowest BCUT2D eigenvalue weighted by atomic mass is 10.2. The zero-order valence-electron chi connectivity index (χ0n) is 12.3. The van der Waals surface area contributed by atoms with E-state index in [4.69, 9.17) is 16.3 Å². The van der Waals surface area contributed by atoms with Crippen LogP contribution < -0.4 is 10.1 Å². The number of hydrogen-bond acceptors (Lipinski definition) is 3. The Hall–Kier alpha value is -1.68. The summed E-state index contributed by atoms with van der Waals surface area (Å²) in [6.07, 6.45) is 3.68. The largest absolute Gasteiger partial charge is 0.495 e. The van der Waals surface area contributed by atoms with E-state index in [0.717, 1.165) is 29.5 Å². The van der Waals surface area contributed by atoms with Gasteiger partial charge in [-0.15, -0.1) is 0 Å². The summed E-state index contributed by atoms with van der Waals surface area (Å²) < 4.78 is 7.40. The summed E-state index contributed by atoms with van der Waals surface area (Å²) >= 11 is 6.15. The van der Waals surface area contributed by atoms with Crippen molar-refractivity contribution in [2.24, 2.45) is 5.92 Å². The molecule has 0 bridgehead atoms. The lowest BCUT2D eigenvalue weighted by Crippen LogP contribution is -2.12. The van der Waals surface area contributed by atoms with E-state index in [-0.39, 0.29) is 0 Å². The second kappa shape index (κ2) is 6.18. The fraction of sp³-hybridized carbons (Fsp3) is 0.400. The number of anilines is 1. The zero-order valence-corrected chi connectivity index (χ0v) is 13.0. The molecule has 0 atom stereocenters. The molecule has 0 aliphatic rings. The lowest BCUT2D eigenvalue weighted by molar-refractivity contribution is 0.413. The molecule has 0 amide bonds. The van der Waals surface area contributed by atoms with Crippen molar-refractivity contribution >= 4 is 17.5 Å². The second-order valence-corrected chi connectivity index (χ2v) is 5.58. The fourth-order valence-electron chi connectivity index (χ4n) is 1.92. The number of nitrogens with zero attached hydrogens (tertiary/aromatic N) is 2. The molecule has 0 saturated heterocycles. The van der Waals surface area contributed by atoms with Gasteiger partial charge in [0, 0.05) is 30.0 Å². The molecule has 0 fully saturated rings. The topological polar surface area (TPSA) is 39.1 Å². The Bertz CT molecular complexity index is 593. The standard InChI is InChI=1S/C15H20ClN3O/c1-10(2)9-18-15-17-5-6-19(15)13-7-11(3)12(16)8-14(13)20-4/h5-8,10H,9H2,1-4H3,(H,17,18). The SMILES string of the molecule is COc1cc(Cl)c(C)cc1-n1ccnc1NCC(C)C. The number of hydrogen-bond donors (Lipinski definition) is 1. The highest BCUT2D eigenvalue weighted by atomic mass is 35.5. The van der Waals surface area contributed by atoms with Crippen molar-refractivity contribution in [3.05, 3.63) is 35.1 Å². The Morgan fingerprint density at radius 3 is 2.80 bits per heavy atom. The summed E-state index contributed by atoms with van der Waals surface area (Å²) in [4.78, 5) is 4.36. The van der Waals surface area contributed by atoms with Crippen molar-refractivity contribution < 1.29 is 4.74 Å². The minimum absolute atomic E-state index is 0.550. The first-order chi connectivity index (χ1) is 9.52. The molecule has 108 valence electrons. The highest BCUT2D eigenvalue weighted by Crippen LogP contribution is 2.31. The van der Waals surface area contributed by atoms with Crippen molar-refractivity contribution in [3.63, 3.8) is 0 Å². The fourth-order valence-corrected chi connectivity index (χ4v) is 2.08. The molecule has 0 aliphatic heterocycles. The molecular formula is C15H20ClN3O. The normalized spacial score (nSPS) is 10.9. The molecular weight excluding hydrogens is 274 g/mol. The van der Waals surface area contributed by atoms with Crippen LogP contribution in [0.25, 0.3) is 5.69 Å². The molecule has 1 aromatic heterocycles. The van der Waals surface area contributed by atoms with E-state index in [1.165, 1.54) is 0 Å². The van der Waals surface area contributed by atoms with Gasteiger partial charge in [-0.2, -0.15) is 0 Å². The summed E-state index contributed by atoms with van der Waals surface area (Å²) in [5.74, 6) is 2.08. The minimum atomic E-state index is 0.550. The third kappa shape index (κ3) is 3.07. The Labute approximate surface area is 124 Å². The van der Waals surface area contributed by atoms with Crippen LogP contribution in [0, 0.1) is 12.8 Å². The predicted molar refractivity (Wildman–Crippen MR) is 83.2 cm³/mol. The number of aromatic nitrogens is 2. The quantitative estimate of drug-likeness (QED) is 0.908. The van der Waals surface area contributed by atoms with Gasteiger partial charge in [0.05, 0.1) is 12.8 Å². The number of halogens is 1. The van der Waals surface area contributed by atoms with Gasteiger partial charge < -0.3 is 10.1 Å². The summed E-state index contributed by atoms with van der Waals surface area (Å²) in [7, 11) is 1.64. The molecule has 0 spiro atoms. The summed E-state index contributed by atoms with van der Waals surface area (Å²) in [6.45, 7) is 7.16. The van der Waals surface area contributed by atoms with E-state index in [2.05, 4.69) is 24.1 Å². The van der Waals surface area contributed by atoms with Crippen LogP contribution in [0.15, 0.2) is 24.5 Å². The molecule has 2 rings (SSSR count). The first-order valence-electron chi connectivity index (χ1n) is 6.64. The van der Waals surface area contributed by atoms with E-state index in [1.54, 1.807) is 13.3 Å². The molecule has 0 unspecified atom stereocenters.